The van der Waals surface area contributed by atoms with Crippen molar-refractivity contribution in [2.75, 3.05) is 0 Å². The molecule has 1 aromatic carbocycles. The zero-order valence-electron chi connectivity index (χ0n) is 9.74. The topological polar surface area (TPSA) is 29.9 Å². The molecule has 0 saturated heterocycles. The smallest absolute Gasteiger partial charge is 0.149 e. The van der Waals surface area contributed by atoms with Crippen LogP contribution in [0, 0.1) is 5.82 Å². The maximum Gasteiger partial charge on any atom is 0.149 e. The molecule has 1 heterocycles. The van der Waals surface area contributed by atoms with Crippen LogP contribution in [0.2, 0.25) is 0 Å². The number of hydrogen-bond donors (Lipinski definition) is 1. The Bertz CT molecular complexity index is 563. The largest absolute Gasteiger partial charge is 0.310 e. The third kappa shape index (κ3) is 2.62. The number of halogens is 2. The van der Waals surface area contributed by atoms with E-state index in [-0.39, 0.29) is 5.82 Å². The first-order valence-corrected chi connectivity index (χ1v) is 6.74. The van der Waals surface area contributed by atoms with Gasteiger partial charge >= 0.3 is 0 Å². The van der Waals surface area contributed by atoms with E-state index < -0.39 is 0 Å². The minimum atomic E-state index is -0.249. The van der Waals surface area contributed by atoms with Crippen molar-refractivity contribution in [1.82, 2.24) is 15.1 Å². The lowest BCUT2D eigenvalue weighted by molar-refractivity contribution is 0.604. The summed E-state index contributed by atoms with van der Waals surface area (Å²) in [5.41, 5.74) is 1.44. The van der Waals surface area contributed by atoms with E-state index in [4.69, 9.17) is 0 Å². The van der Waals surface area contributed by atoms with Crippen molar-refractivity contribution in [2.45, 2.75) is 25.4 Å². The van der Waals surface area contributed by atoms with Crippen LogP contribution in [0.3, 0.4) is 0 Å². The highest BCUT2D eigenvalue weighted by Gasteiger charge is 2.20. The molecule has 94 valence electrons. The van der Waals surface area contributed by atoms with Crippen LogP contribution in [0.4, 0.5) is 4.39 Å². The van der Waals surface area contributed by atoms with E-state index in [9.17, 15) is 4.39 Å². The Morgan fingerprint density at radius 2 is 2.28 bits per heavy atom. The van der Waals surface area contributed by atoms with Gasteiger partial charge in [-0.05, 0) is 46.5 Å². The van der Waals surface area contributed by atoms with Gasteiger partial charge in [0.25, 0.3) is 0 Å². The molecule has 0 bridgehead atoms. The average Bonchev–Trinajstić information content (AvgIpc) is 3.09. The first-order chi connectivity index (χ1) is 8.72. The van der Waals surface area contributed by atoms with Crippen LogP contribution in [0.1, 0.15) is 18.4 Å². The summed E-state index contributed by atoms with van der Waals surface area (Å²) in [4.78, 5) is 0. The quantitative estimate of drug-likeness (QED) is 0.941. The monoisotopic (exact) mass is 309 g/mol. The van der Waals surface area contributed by atoms with Crippen LogP contribution in [-0.4, -0.2) is 15.8 Å². The molecule has 1 saturated carbocycles. The van der Waals surface area contributed by atoms with Crippen molar-refractivity contribution < 1.29 is 4.39 Å². The summed E-state index contributed by atoms with van der Waals surface area (Å²) in [5, 5.41) is 7.44. The third-order valence-corrected chi connectivity index (χ3v) is 3.39. The van der Waals surface area contributed by atoms with E-state index in [0.29, 0.717) is 11.7 Å². The lowest BCUT2D eigenvalue weighted by Crippen LogP contribution is -2.15. The van der Waals surface area contributed by atoms with Crippen LogP contribution in [0.25, 0.3) is 5.69 Å². The normalized spacial score (nSPS) is 15.0. The molecule has 2 aromatic rings. The summed E-state index contributed by atoms with van der Waals surface area (Å²) in [5.74, 6) is -0.249. The fraction of sp³-hybridized carbons (Fsp3) is 0.308. The maximum atomic E-state index is 14.0. The molecule has 1 aliphatic carbocycles. The van der Waals surface area contributed by atoms with Crippen LogP contribution in [-0.2, 0) is 6.54 Å². The van der Waals surface area contributed by atoms with Gasteiger partial charge in [0, 0.05) is 18.8 Å². The van der Waals surface area contributed by atoms with Crippen molar-refractivity contribution in [1.29, 1.82) is 0 Å². The van der Waals surface area contributed by atoms with Gasteiger partial charge in [0.2, 0.25) is 0 Å². The minimum absolute atomic E-state index is 0.249. The number of nitrogens with one attached hydrogen (secondary N) is 1. The first-order valence-electron chi connectivity index (χ1n) is 5.95. The van der Waals surface area contributed by atoms with Crippen LogP contribution in [0.15, 0.2) is 35.1 Å². The second kappa shape index (κ2) is 4.82. The molecule has 1 N–H and O–H groups in total. The molecule has 0 unspecified atom stereocenters. The van der Waals surface area contributed by atoms with E-state index in [1.54, 1.807) is 24.5 Å². The number of hydrogen-bond acceptors (Lipinski definition) is 2. The fourth-order valence-corrected chi connectivity index (χ4v) is 2.11. The van der Waals surface area contributed by atoms with E-state index in [1.807, 2.05) is 6.07 Å². The molecule has 1 fully saturated rings. The highest BCUT2D eigenvalue weighted by molar-refractivity contribution is 9.10. The molecule has 5 heteroatoms. The molecule has 1 aromatic heterocycles. The molecule has 3 rings (SSSR count). The third-order valence-electron chi connectivity index (χ3n) is 2.98. The van der Waals surface area contributed by atoms with Gasteiger partial charge in [0.15, 0.2) is 0 Å². The lowest BCUT2D eigenvalue weighted by Gasteiger charge is -2.07. The zero-order valence-corrected chi connectivity index (χ0v) is 11.3. The first kappa shape index (κ1) is 11.9. The number of rotatable bonds is 4. The Balaban J connectivity index is 1.79. The predicted molar refractivity (Wildman–Crippen MR) is 71.1 cm³/mol. The molecule has 0 radical (unpaired) electrons. The summed E-state index contributed by atoms with van der Waals surface area (Å²) in [6.45, 7) is 0.727. The highest BCUT2D eigenvalue weighted by Crippen LogP contribution is 2.20. The van der Waals surface area contributed by atoms with Gasteiger partial charge < -0.3 is 5.32 Å². The molecule has 18 heavy (non-hydrogen) atoms. The maximum absolute atomic E-state index is 14.0. The van der Waals surface area contributed by atoms with Crippen molar-refractivity contribution in [3.63, 3.8) is 0 Å². The SMILES string of the molecule is Fc1cc(CNC2CC2)ccc1-n1cc(Br)cn1. The van der Waals surface area contributed by atoms with Gasteiger partial charge in [-0.15, -0.1) is 0 Å². The predicted octanol–water partition coefficient (Wildman–Crippen LogP) is 3.03. The Morgan fingerprint density at radius 3 is 2.89 bits per heavy atom. The van der Waals surface area contributed by atoms with Crippen LogP contribution >= 0.6 is 15.9 Å². The number of nitrogens with zero attached hydrogens (tertiary/aromatic N) is 2. The van der Waals surface area contributed by atoms with Crippen LogP contribution in [0.5, 0.6) is 0 Å². The Labute approximate surface area is 113 Å². The molecule has 0 amide bonds. The number of aromatic nitrogens is 2. The summed E-state index contributed by atoms with van der Waals surface area (Å²) in [6.07, 6.45) is 5.85. The second-order valence-electron chi connectivity index (χ2n) is 4.54. The Kier molecular flexibility index (Phi) is 3.18. The van der Waals surface area contributed by atoms with E-state index in [0.717, 1.165) is 16.6 Å². The van der Waals surface area contributed by atoms with Gasteiger partial charge in [-0.1, -0.05) is 6.07 Å². The summed E-state index contributed by atoms with van der Waals surface area (Å²) >= 11 is 3.30. The lowest BCUT2D eigenvalue weighted by atomic mass is 10.2. The molecule has 0 aliphatic heterocycles. The van der Waals surface area contributed by atoms with Crippen molar-refractivity contribution in [3.8, 4) is 5.69 Å². The van der Waals surface area contributed by atoms with E-state index in [1.165, 1.54) is 17.5 Å². The average molecular weight is 310 g/mol. The van der Waals surface area contributed by atoms with Crippen LogP contribution < -0.4 is 5.32 Å². The Morgan fingerprint density at radius 1 is 1.44 bits per heavy atom. The minimum Gasteiger partial charge on any atom is -0.310 e. The summed E-state index contributed by atoms with van der Waals surface area (Å²) < 4.78 is 16.3. The van der Waals surface area contributed by atoms with Crippen molar-refractivity contribution in [2.24, 2.45) is 0 Å². The second-order valence-corrected chi connectivity index (χ2v) is 5.46. The molecule has 0 spiro atoms. The molecule has 0 atom stereocenters. The summed E-state index contributed by atoms with van der Waals surface area (Å²) in [7, 11) is 0. The molecule has 3 nitrogen and oxygen atoms in total. The molecular weight excluding hydrogens is 297 g/mol. The van der Waals surface area contributed by atoms with Gasteiger partial charge in [-0.2, -0.15) is 5.10 Å². The van der Waals surface area contributed by atoms with Gasteiger partial charge in [0.1, 0.15) is 11.5 Å². The zero-order chi connectivity index (χ0) is 12.5. The number of benzene rings is 1. The van der Waals surface area contributed by atoms with Gasteiger partial charge in [-0.25, -0.2) is 9.07 Å². The van der Waals surface area contributed by atoms with E-state index in [2.05, 4.69) is 26.3 Å². The molecular formula is C13H13BrFN3. The fourth-order valence-electron chi connectivity index (χ4n) is 1.83. The van der Waals surface area contributed by atoms with Gasteiger partial charge in [0.05, 0.1) is 10.7 Å². The van der Waals surface area contributed by atoms with E-state index >= 15 is 0 Å². The summed E-state index contributed by atoms with van der Waals surface area (Å²) in [6, 6.07) is 5.90. The van der Waals surface area contributed by atoms with Gasteiger partial charge in [-0.3, -0.25) is 0 Å². The van der Waals surface area contributed by atoms with Crippen molar-refractivity contribution in [3.05, 3.63) is 46.4 Å². The van der Waals surface area contributed by atoms with Crippen molar-refractivity contribution >= 4 is 15.9 Å². The standard InChI is InChI=1S/C13H13BrFN3/c14-10-7-17-18(8-10)13-4-1-9(5-12(13)15)6-16-11-2-3-11/h1,4-5,7-8,11,16H,2-3,6H2. The molecule has 1 aliphatic rings. The Hall–Kier alpha value is -1.20. The highest BCUT2D eigenvalue weighted by atomic mass is 79.9.